The number of carbonyl (C=O) groups excluding carboxylic acids is 2. The van der Waals surface area contributed by atoms with Gasteiger partial charge in [-0.1, -0.05) is 0 Å². The Hall–Kier alpha value is -1.10. The van der Waals surface area contributed by atoms with E-state index in [4.69, 9.17) is 5.73 Å². The lowest BCUT2D eigenvalue weighted by Gasteiger charge is -2.12. The summed E-state index contributed by atoms with van der Waals surface area (Å²) in [4.78, 5) is 23.1. The highest BCUT2D eigenvalue weighted by Gasteiger charge is 2.48. The molecular formula is C12H21N3O2. The Balaban J connectivity index is 1.53. The van der Waals surface area contributed by atoms with Gasteiger partial charge >= 0.3 is 0 Å². The Labute approximate surface area is 102 Å². The third-order valence-corrected chi connectivity index (χ3v) is 3.53. The van der Waals surface area contributed by atoms with Gasteiger partial charge in [-0.2, -0.15) is 0 Å². The van der Waals surface area contributed by atoms with Gasteiger partial charge in [0.05, 0.1) is 5.41 Å². The van der Waals surface area contributed by atoms with Gasteiger partial charge in [0.1, 0.15) is 0 Å². The summed E-state index contributed by atoms with van der Waals surface area (Å²) in [5.74, 6) is 0.157. The number of hydrogen-bond acceptors (Lipinski definition) is 3. The maximum atomic E-state index is 11.7. The van der Waals surface area contributed by atoms with Gasteiger partial charge in [-0.15, -0.1) is 0 Å². The van der Waals surface area contributed by atoms with Crippen LogP contribution in [0.3, 0.4) is 0 Å². The maximum Gasteiger partial charge on any atom is 0.227 e. The molecule has 4 N–H and O–H groups in total. The Bertz CT molecular complexity index is 309. The van der Waals surface area contributed by atoms with Crippen molar-refractivity contribution in [3.8, 4) is 0 Å². The van der Waals surface area contributed by atoms with E-state index >= 15 is 0 Å². The van der Waals surface area contributed by atoms with Gasteiger partial charge in [0.25, 0.3) is 0 Å². The van der Waals surface area contributed by atoms with Crippen LogP contribution in [0.15, 0.2) is 0 Å². The molecule has 0 aromatic rings. The van der Waals surface area contributed by atoms with Crippen molar-refractivity contribution in [2.24, 2.45) is 11.1 Å². The molecule has 0 unspecified atom stereocenters. The molecule has 0 heterocycles. The third kappa shape index (κ3) is 3.43. The molecule has 5 nitrogen and oxygen atoms in total. The molecule has 17 heavy (non-hydrogen) atoms. The number of rotatable bonds is 7. The summed E-state index contributed by atoms with van der Waals surface area (Å²) in [6.07, 6.45) is 5.22. The average molecular weight is 239 g/mol. The van der Waals surface area contributed by atoms with Crippen molar-refractivity contribution in [2.75, 3.05) is 13.1 Å². The second-order valence-corrected chi connectivity index (χ2v) is 5.19. The summed E-state index contributed by atoms with van der Waals surface area (Å²) >= 11 is 0. The highest BCUT2D eigenvalue weighted by Crippen LogP contribution is 2.44. The van der Waals surface area contributed by atoms with Crippen LogP contribution >= 0.6 is 0 Å². The summed E-state index contributed by atoms with van der Waals surface area (Å²) in [6.45, 7) is 1.000. The Morgan fingerprint density at radius 2 is 2.00 bits per heavy atom. The molecular weight excluding hydrogens is 218 g/mol. The number of carbonyl (C=O) groups is 2. The molecule has 0 aromatic heterocycles. The Morgan fingerprint density at radius 1 is 1.29 bits per heavy atom. The first kappa shape index (κ1) is 12.4. The predicted molar refractivity (Wildman–Crippen MR) is 64.1 cm³/mol. The molecule has 0 atom stereocenters. The van der Waals surface area contributed by atoms with Crippen LogP contribution in [-0.4, -0.2) is 30.9 Å². The van der Waals surface area contributed by atoms with Crippen molar-refractivity contribution >= 4 is 11.8 Å². The third-order valence-electron chi connectivity index (χ3n) is 3.53. The molecule has 0 bridgehead atoms. The largest absolute Gasteiger partial charge is 0.356 e. The quantitative estimate of drug-likeness (QED) is 0.542. The normalized spacial score (nSPS) is 20.8. The van der Waals surface area contributed by atoms with Crippen LogP contribution in [0.25, 0.3) is 0 Å². The second kappa shape index (κ2) is 5.04. The van der Waals surface area contributed by atoms with E-state index in [0.717, 1.165) is 25.7 Å². The molecule has 2 rings (SSSR count). The standard InChI is InChI=1S/C12H21N3O2/c13-8-12(5-6-12)11(17)14-7-1-2-10(16)15-9-3-4-9/h9H,1-8,13H2,(H,14,17)(H,15,16). The SMILES string of the molecule is NCC1(C(=O)NCCCC(=O)NC2CC2)CC1. The van der Waals surface area contributed by atoms with Gasteiger partial charge in [-0.3, -0.25) is 9.59 Å². The summed E-state index contributed by atoms with van der Waals surface area (Å²) in [6, 6.07) is 0.420. The molecule has 96 valence electrons. The maximum absolute atomic E-state index is 11.7. The summed E-state index contributed by atoms with van der Waals surface area (Å²) in [5, 5.41) is 5.79. The first-order valence-corrected chi connectivity index (χ1v) is 6.44. The summed E-state index contributed by atoms with van der Waals surface area (Å²) < 4.78 is 0. The molecule has 0 saturated heterocycles. The van der Waals surface area contributed by atoms with Crippen LogP contribution in [0.5, 0.6) is 0 Å². The predicted octanol–water partition coefficient (Wildman–Crippen LogP) is -0.0997. The minimum absolute atomic E-state index is 0.0580. The minimum Gasteiger partial charge on any atom is -0.356 e. The average Bonchev–Trinajstić information content (AvgIpc) is 3.17. The van der Waals surface area contributed by atoms with Crippen LogP contribution in [0.2, 0.25) is 0 Å². The van der Waals surface area contributed by atoms with Gasteiger partial charge in [-0.05, 0) is 32.1 Å². The first-order valence-electron chi connectivity index (χ1n) is 6.44. The molecule has 2 fully saturated rings. The first-order chi connectivity index (χ1) is 8.16. The fourth-order valence-corrected chi connectivity index (χ4v) is 1.84. The van der Waals surface area contributed by atoms with Crippen molar-refractivity contribution in [1.29, 1.82) is 0 Å². The van der Waals surface area contributed by atoms with Crippen LogP contribution < -0.4 is 16.4 Å². The fourth-order valence-electron chi connectivity index (χ4n) is 1.84. The zero-order valence-electron chi connectivity index (χ0n) is 10.1. The summed E-state index contributed by atoms with van der Waals surface area (Å²) in [5.41, 5.74) is 5.28. The van der Waals surface area contributed by atoms with E-state index in [-0.39, 0.29) is 17.2 Å². The molecule has 0 aliphatic heterocycles. The smallest absolute Gasteiger partial charge is 0.227 e. The molecule has 0 radical (unpaired) electrons. The lowest BCUT2D eigenvalue weighted by Crippen LogP contribution is -2.37. The number of nitrogens with one attached hydrogen (secondary N) is 2. The Morgan fingerprint density at radius 3 is 2.53 bits per heavy atom. The van der Waals surface area contributed by atoms with E-state index in [9.17, 15) is 9.59 Å². The molecule has 2 amide bonds. The van der Waals surface area contributed by atoms with Crippen molar-refractivity contribution in [3.05, 3.63) is 0 Å². The van der Waals surface area contributed by atoms with Gasteiger partial charge in [0.15, 0.2) is 0 Å². The van der Waals surface area contributed by atoms with Crippen molar-refractivity contribution in [1.82, 2.24) is 10.6 Å². The van der Waals surface area contributed by atoms with Gasteiger partial charge in [0.2, 0.25) is 11.8 Å². The molecule has 0 spiro atoms. The monoisotopic (exact) mass is 239 g/mol. The minimum atomic E-state index is -0.281. The van der Waals surface area contributed by atoms with Crippen molar-refractivity contribution in [2.45, 2.75) is 44.6 Å². The number of hydrogen-bond donors (Lipinski definition) is 3. The highest BCUT2D eigenvalue weighted by atomic mass is 16.2. The van der Waals surface area contributed by atoms with Gasteiger partial charge in [-0.25, -0.2) is 0 Å². The zero-order chi connectivity index (χ0) is 12.3. The zero-order valence-corrected chi connectivity index (χ0v) is 10.1. The number of amides is 2. The fraction of sp³-hybridized carbons (Fsp3) is 0.833. The lowest BCUT2D eigenvalue weighted by molar-refractivity contribution is -0.126. The summed E-state index contributed by atoms with van der Waals surface area (Å²) in [7, 11) is 0. The van der Waals surface area contributed by atoms with Gasteiger partial charge in [0, 0.05) is 25.6 Å². The van der Waals surface area contributed by atoms with Crippen LogP contribution in [0, 0.1) is 5.41 Å². The van der Waals surface area contributed by atoms with Crippen molar-refractivity contribution in [3.63, 3.8) is 0 Å². The lowest BCUT2D eigenvalue weighted by atomic mass is 10.1. The van der Waals surface area contributed by atoms with E-state index in [0.29, 0.717) is 32.0 Å². The van der Waals surface area contributed by atoms with E-state index in [1.165, 1.54) is 0 Å². The van der Waals surface area contributed by atoms with E-state index in [1.54, 1.807) is 0 Å². The molecule has 5 heteroatoms. The topological polar surface area (TPSA) is 84.2 Å². The number of nitrogens with two attached hydrogens (primary N) is 1. The molecule has 2 aliphatic rings. The highest BCUT2D eigenvalue weighted by molar-refractivity contribution is 5.85. The van der Waals surface area contributed by atoms with Crippen LogP contribution in [0.1, 0.15) is 38.5 Å². The second-order valence-electron chi connectivity index (χ2n) is 5.19. The van der Waals surface area contributed by atoms with Gasteiger partial charge < -0.3 is 16.4 Å². The van der Waals surface area contributed by atoms with E-state index < -0.39 is 0 Å². The van der Waals surface area contributed by atoms with E-state index in [1.807, 2.05) is 0 Å². The van der Waals surface area contributed by atoms with Crippen LogP contribution in [0.4, 0.5) is 0 Å². The Kier molecular flexibility index (Phi) is 3.66. The molecule has 0 aromatic carbocycles. The molecule has 2 aliphatic carbocycles. The van der Waals surface area contributed by atoms with E-state index in [2.05, 4.69) is 10.6 Å². The van der Waals surface area contributed by atoms with Crippen molar-refractivity contribution < 1.29 is 9.59 Å². The molecule has 2 saturated carbocycles. The van der Waals surface area contributed by atoms with Crippen LogP contribution in [-0.2, 0) is 9.59 Å².